The molecule has 1 saturated heterocycles. The number of unbranched alkanes of at least 4 members (excludes halogenated alkanes) is 7. The molecule has 180 valence electrons. The topological polar surface area (TPSA) is 20.1 Å². The molecule has 0 amide bonds. The van der Waals surface area contributed by atoms with Crippen molar-refractivity contribution in [3.63, 3.8) is 0 Å². The van der Waals surface area contributed by atoms with Crippen LogP contribution < -0.4 is 4.90 Å². The van der Waals surface area contributed by atoms with Gasteiger partial charge in [0.05, 0.1) is 16.8 Å². The number of benzene rings is 3. The van der Waals surface area contributed by atoms with Crippen LogP contribution in [-0.4, -0.2) is 9.08 Å². The second kappa shape index (κ2) is 11.8. The monoisotopic (exact) mass is 473 g/mol. The molecule has 0 N–H and O–H groups in total. The van der Waals surface area contributed by atoms with Crippen molar-refractivity contribution in [1.82, 2.24) is 0 Å². The second-order valence-electron chi connectivity index (χ2n) is 9.67. The number of nitrogens with zero attached hydrogens (tertiary/aromatic N) is 1. The first-order chi connectivity index (χ1) is 16.7. The molecule has 3 aromatic carbocycles. The fraction of sp³-hybridized carbons (Fsp3) is 0.419. The molecule has 1 fully saturated rings. The van der Waals surface area contributed by atoms with Crippen LogP contribution in [0.15, 0.2) is 89.8 Å². The number of hydrogen-bond donors (Lipinski definition) is 0. The van der Waals surface area contributed by atoms with Crippen LogP contribution in [0.3, 0.4) is 0 Å². The van der Waals surface area contributed by atoms with E-state index >= 15 is 0 Å². The van der Waals surface area contributed by atoms with Crippen LogP contribution in [0.2, 0.25) is 0 Å². The van der Waals surface area contributed by atoms with Crippen LogP contribution >= 0.6 is 0 Å². The van der Waals surface area contributed by atoms with E-state index in [0.29, 0.717) is 0 Å². The van der Waals surface area contributed by atoms with Crippen molar-refractivity contribution in [2.75, 3.05) is 4.90 Å². The summed E-state index contributed by atoms with van der Waals surface area (Å²) >= 11 is 0. The molecule has 0 spiro atoms. The number of para-hydroxylation sites is 1. The first-order valence-corrected chi connectivity index (χ1v) is 14.2. The first-order valence-electron chi connectivity index (χ1n) is 13.1. The number of rotatable bonds is 13. The summed E-state index contributed by atoms with van der Waals surface area (Å²) in [4.78, 5) is 2.96. The van der Waals surface area contributed by atoms with Crippen molar-refractivity contribution in [2.24, 2.45) is 0 Å². The Bertz CT molecular complexity index is 987. The zero-order chi connectivity index (χ0) is 23.8. The van der Waals surface area contributed by atoms with Crippen molar-refractivity contribution in [1.29, 1.82) is 0 Å². The van der Waals surface area contributed by atoms with Gasteiger partial charge in [-0.2, -0.15) is 0 Å². The van der Waals surface area contributed by atoms with Gasteiger partial charge in [-0.1, -0.05) is 125 Å². The molecule has 0 aliphatic carbocycles. The van der Waals surface area contributed by atoms with Crippen LogP contribution in [-0.2, 0) is 10.8 Å². The van der Waals surface area contributed by atoms with Crippen molar-refractivity contribution in [2.45, 2.75) is 87.4 Å². The van der Waals surface area contributed by atoms with E-state index < -0.39 is 15.7 Å². The Balaban J connectivity index is 1.59. The maximum Gasteiger partial charge on any atom is 0.146 e. The molecular weight excluding hydrogens is 434 g/mol. The van der Waals surface area contributed by atoms with Gasteiger partial charge in [-0.05, 0) is 43.2 Å². The van der Waals surface area contributed by atoms with Gasteiger partial charge in [0, 0.05) is 10.6 Å². The number of aryl methyl sites for hydroxylation is 1. The zero-order valence-corrected chi connectivity index (χ0v) is 21.6. The maximum atomic E-state index is 14.3. The van der Waals surface area contributed by atoms with Crippen LogP contribution in [0.4, 0.5) is 5.69 Å². The van der Waals surface area contributed by atoms with E-state index in [9.17, 15) is 4.21 Å². The van der Waals surface area contributed by atoms with Gasteiger partial charge in [0.25, 0.3) is 0 Å². The lowest BCUT2D eigenvalue weighted by molar-refractivity contribution is 0.551. The molecule has 3 atom stereocenters. The van der Waals surface area contributed by atoms with Crippen LogP contribution in [0.5, 0.6) is 0 Å². The molecule has 1 aliphatic heterocycles. The van der Waals surface area contributed by atoms with Crippen LogP contribution in [0.25, 0.3) is 0 Å². The van der Waals surface area contributed by atoms with Gasteiger partial charge in [0.15, 0.2) is 0 Å². The molecule has 2 nitrogen and oxygen atoms in total. The third-order valence-electron chi connectivity index (χ3n) is 7.12. The highest BCUT2D eigenvalue weighted by Gasteiger charge is 2.67. The molecule has 1 unspecified atom stereocenters. The van der Waals surface area contributed by atoms with Crippen molar-refractivity contribution < 1.29 is 4.21 Å². The highest BCUT2D eigenvalue weighted by Crippen LogP contribution is 2.61. The minimum absolute atomic E-state index is 0.128. The Labute approximate surface area is 208 Å². The second-order valence-corrected chi connectivity index (χ2v) is 11.4. The minimum atomic E-state index is -1.14. The Morgan fingerprint density at radius 3 is 1.91 bits per heavy atom. The standard InChI is InChI=1S/C31H39NOS/c1-3-4-5-6-7-8-9-16-25-31(34(33)29-23-21-26(2)22-24-29)30(27-17-12-10-13-18-27)32(31)28-19-14-11-15-20-28/h10-15,17-24,30H,3-9,16,25H2,1-2H3/t30-,31-,32?,34?/m1/s1. The lowest BCUT2D eigenvalue weighted by atomic mass is 10.0. The molecule has 1 heterocycles. The lowest BCUT2D eigenvalue weighted by Gasteiger charge is -2.19. The Morgan fingerprint density at radius 2 is 1.29 bits per heavy atom. The largest absolute Gasteiger partial charge is 0.342 e. The van der Waals surface area contributed by atoms with E-state index in [4.69, 9.17) is 0 Å². The summed E-state index contributed by atoms with van der Waals surface area (Å²) in [7, 11) is -1.14. The van der Waals surface area contributed by atoms with Crippen molar-refractivity contribution in [3.05, 3.63) is 96.1 Å². The average molecular weight is 474 g/mol. The molecule has 0 saturated carbocycles. The van der Waals surface area contributed by atoms with Crippen molar-refractivity contribution in [3.8, 4) is 0 Å². The highest BCUT2D eigenvalue weighted by molar-refractivity contribution is 7.87. The smallest absolute Gasteiger partial charge is 0.146 e. The fourth-order valence-corrected chi connectivity index (χ4v) is 7.14. The summed E-state index contributed by atoms with van der Waals surface area (Å²) in [5.74, 6) is 0. The summed E-state index contributed by atoms with van der Waals surface area (Å²) in [6.07, 6.45) is 11.2. The lowest BCUT2D eigenvalue weighted by Crippen LogP contribution is -2.25. The van der Waals surface area contributed by atoms with Gasteiger partial charge < -0.3 is 4.90 Å². The molecule has 0 aromatic heterocycles. The molecule has 0 bridgehead atoms. The summed E-state index contributed by atoms with van der Waals surface area (Å²) in [6, 6.07) is 29.7. The Morgan fingerprint density at radius 1 is 0.735 bits per heavy atom. The summed E-state index contributed by atoms with van der Waals surface area (Å²) < 4.78 is 14.3. The van der Waals surface area contributed by atoms with Gasteiger partial charge in [0.2, 0.25) is 0 Å². The molecule has 1 aliphatic rings. The molecule has 3 aromatic rings. The molecule has 34 heavy (non-hydrogen) atoms. The quantitative estimate of drug-likeness (QED) is 0.183. The third kappa shape index (κ3) is 5.46. The van der Waals surface area contributed by atoms with E-state index in [1.54, 1.807) is 0 Å². The van der Waals surface area contributed by atoms with Gasteiger partial charge in [0.1, 0.15) is 4.87 Å². The predicted octanol–water partition coefficient (Wildman–Crippen LogP) is 8.59. The third-order valence-corrected chi connectivity index (χ3v) is 9.09. The maximum absolute atomic E-state index is 14.3. The summed E-state index contributed by atoms with van der Waals surface area (Å²) in [6.45, 7) is 4.36. The van der Waals surface area contributed by atoms with Gasteiger partial charge in [-0.15, -0.1) is 0 Å². The van der Waals surface area contributed by atoms with Gasteiger partial charge in [-0.25, -0.2) is 0 Å². The van der Waals surface area contributed by atoms with E-state index in [2.05, 4.69) is 104 Å². The van der Waals surface area contributed by atoms with E-state index in [-0.39, 0.29) is 6.04 Å². The normalized spacial score (nSPS) is 20.3. The Kier molecular flexibility index (Phi) is 8.61. The predicted molar refractivity (Wildman–Crippen MR) is 146 cm³/mol. The van der Waals surface area contributed by atoms with Gasteiger partial charge >= 0.3 is 0 Å². The molecular formula is C31H39NOS. The van der Waals surface area contributed by atoms with Crippen LogP contribution in [0, 0.1) is 6.92 Å². The van der Waals surface area contributed by atoms with Crippen LogP contribution in [0.1, 0.15) is 81.9 Å². The van der Waals surface area contributed by atoms with E-state index in [1.165, 1.54) is 56.1 Å². The van der Waals surface area contributed by atoms with Crippen molar-refractivity contribution >= 4 is 16.5 Å². The zero-order valence-electron chi connectivity index (χ0n) is 20.8. The summed E-state index contributed by atoms with van der Waals surface area (Å²) in [5.41, 5.74) is 3.62. The number of hydrogen-bond acceptors (Lipinski definition) is 2. The molecule has 0 radical (unpaired) electrons. The highest BCUT2D eigenvalue weighted by atomic mass is 32.2. The fourth-order valence-electron chi connectivity index (χ4n) is 5.23. The van der Waals surface area contributed by atoms with Gasteiger partial charge in [-0.3, -0.25) is 4.21 Å². The average Bonchev–Trinajstić information content (AvgIpc) is 3.56. The molecule has 4 rings (SSSR count). The summed E-state index contributed by atoms with van der Waals surface area (Å²) in [5, 5.41) is 0. The first kappa shape index (κ1) is 24.7. The molecule has 3 heteroatoms. The number of anilines is 1. The Hall–Kier alpha value is -2.39. The SMILES string of the molecule is CCCCCCCCCC[C@@]1(S(=O)c2ccc(C)cc2)[C@@H](c2ccccc2)N1c1ccccc1. The minimum Gasteiger partial charge on any atom is -0.342 e. The van der Waals surface area contributed by atoms with E-state index in [0.717, 1.165) is 23.4 Å². The van der Waals surface area contributed by atoms with E-state index in [1.807, 2.05) is 0 Å².